The third-order valence-electron chi connectivity index (χ3n) is 9.46. The molecular weight excluding hydrogens is 838 g/mol. The van der Waals surface area contributed by atoms with Crippen molar-refractivity contribution >= 4 is 27.6 Å². The number of aliphatic hydroxyl groups is 1. The molecule has 0 aromatic heterocycles. The third-order valence-corrected chi connectivity index (χ3v) is 10.9. The van der Waals surface area contributed by atoms with Gasteiger partial charge in [0.05, 0.1) is 32.0 Å². The van der Waals surface area contributed by atoms with Crippen LogP contribution in [0.3, 0.4) is 0 Å². The summed E-state index contributed by atoms with van der Waals surface area (Å²) in [5, 5.41) is 9.75. The van der Waals surface area contributed by atoms with Crippen molar-refractivity contribution in [3.05, 3.63) is 72.9 Å². The van der Waals surface area contributed by atoms with Crippen molar-refractivity contribution in [1.29, 1.82) is 0 Å². The summed E-state index contributed by atoms with van der Waals surface area (Å²) in [6.07, 6.45) is 43.6. The van der Waals surface area contributed by atoms with Crippen LogP contribution in [0.1, 0.15) is 155 Å². The highest BCUT2D eigenvalue weighted by Gasteiger charge is 2.36. The predicted molar refractivity (Wildman–Crippen MR) is 243 cm³/mol. The Hall–Kier alpha value is -2.48. The Morgan fingerprint density at radius 1 is 0.548 bits per heavy atom. The van der Waals surface area contributed by atoms with Crippen LogP contribution in [0.4, 0.5) is 0 Å². The molecule has 0 aromatic rings. The molecule has 1 aliphatic heterocycles. The number of phosphoric ester groups is 2. The average Bonchev–Trinajstić information content (AvgIpc) is 3.99. The third kappa shape index (κ3) is 38.0. The fourth-order valence-electron chi connectivity index (χ4n) is 5.87. The summed E-state index contributed by atoms with van der Waals surface area (Å²) in [4.78, 5) is 52.7. The van der Waals surface area contributed by atoms with E-state index < -0.39 is 66.2 Å². The highest BCUT2D eigenvalue weighted by Crippen LogP contribution is 2.44. The van der Waals surface area contributed by atoms with Crippen LogP contribution in [0.2, 0.25) is 0 Å². The second-order valence-electron chi connectivity index (χ2n) is 15.4. The largest absolute Gasteiger partial charge is 0.472 e. The molecule has 0 spiro atoms. The molecule has 4 N–H and O–H groups in total. The molecule has 5 atom stereocenters. The molecule has 0 bridgehead atoms. The number of unbranched alkanes of at least 4 members (excludes halogenated alkanes) is 11. The second-order valence-corrected chi connectivity index (χ2v) is 18.0. The molecule has 14 nitrogen and oxygen atoms in total. The van der Waals surface area contributed by atoms with Crippen LogP contribution in [-0.2, 0) is 46.5 Å². The van der Waals surface area contributed by atoms with E-state index >= 15 is 0 Å². The predicted octanol–water partition coefficient (Wildman–Crippen LogP) is 10.8. The average molecular weight is 917 g/mol. The Morgan fingerprint density at radius 3 is 1.58 bits per heavy atom. The maximum absolute atomic E-state index is 12.7. The van der Waals surface area contributed by atoms with Gasteiger partial charge < -0.3 is 34.0 Å². The quantitative estimate of drug-likeness (QED) is 0.0148. The van der Waals surface area contributed by atoms with E-state index in [-0.39, 0.29) is 18.9 Å². The topological polar surface area (TPSA) is 208 Å². The number of rotatable bonds is 41. The van der Waals surface area contributed by atoms with E-state index in [2.05, 4.69) is 71.5 Å². The van der Waals surface area contributed by atoms with Gasteiger partial charge in [-0.15, -0.1) is 0 Å². The fraction of sp³-hybridized carbons (Fsp3) is 0.696. The van der Waals surface area contributed by atoms with Crippen LogP contribution < -0.4 is 0 Å². The monoisotopic (exact) mass is 916 g/mol. The van der Waals surface area contributed by atoms with Gasteiger partial charge in [0.25, 0.3) is 0 Å². The zero-order chi connectivity index (χ0) is 45.6. The molecule has 0 radical (unpaired) electrons. The highest BCUT2D eigenvalue weighted by atomic mass is 31.2. The molecule has 1 fully saturated rings. The standard InChI is InChI=1S/C46H78O14P2/c1-3-5-7-9-11-12-13-14-15-16-17-18-19-20-23-27-31-35-45(48)55-39-42(40-58-62(53,54)57-38-41(47)37-56-61(50,51)52)59-46(49)36-32-28-24-21-22-26-30-34-44-43(60-44)33-29-25-10-8-6-4-2/h14-15,17-18,20-21,23-26,29-30,41-44,47H,3-13,16,19,22,27-28,31-40H2,1-2H3,(H,53,54)(H2,50,51,52)/b15-14-,18-17-,23-20-,24-21-,29-25-,30-26-/t41-,42+,43?,44?/m0/s1. The van der Waals surface area contributed by atoms with Gasteiger partial charge in [0, 0.05) is 12.8 Å². The van der Waals surface area contributed by atoms with E-state index in [1.54, 1.807) is 0 Å². The van der Waals surface area contributed by atoms with Crippen LogP contribution in [0.25, 0.3) is 0 Å². The van der Waals surface area contributed by atoms with Crippen LogP contribution >= 0.6 is 15.6 Å². The number of ether oxygens (including phenoxy) is 3. The van der Waals surface area contributed by atoms with Gasteiger partial charge in [-0.1, -0.05) is 132 Å². The highest BCUT2D eigenvalue weighted by molar-refractivity contribution is 7.47. The number of allylic oxidation sites excluding steroid dienone is 10. The molecule has 0 saturated carbocycles. The number of carbonyl (C=O) groups is 2. The van der Waals surface area contributed by atoms with Crippen LogP contribution in [0.15, 0.2) is 72.9 Å². The number of phosphoric acid groups is 2. The molecule has 0 aliphatic carbocycles. The summed E-state index contributed by atoms with van der Waals surface area (Å²) in [6, 6.07) is 0. The molecule has 1 heterocycles. The maximum atomic E-state index is 12.7. The first kappa shape index (κ1) is 57.5. The molecule has 16 heteroatoms. The molecule has 1 rings (SSSR count). The van der Waals surface area contributed by atoms with Gasteiger partial charge in [0.15, 0.2) is 6.10 Å². The summed E-state index contributed by atoms with van der Waals surface area (Å²) >= 11 is 0. The smallest absolute Gasteiger partial charge is 0.462 e. The summed E-state index contributed by atoms with van der Waals surface area (Å²) in [5.74, 6) is -1.17. The van der Waals surface area contributed by atoms with Gasteiger partial charge in [0.2, 0.25) is 0 Å². The fourth-order valence-corrected chi connectivity index (χ4v) is 7.02. The molecule has 62 heavy (non-hydrogen) atoms. The lowest BCUT2D eigenvalue weighted by Crippen LogP contribution is -2.29. The van der Waals surface area contributed by atoms with Gasteiger partial charge in [-0.05, 0) is 83.5 Å². The van der Waals surface area contributed by atoms with E-state index in [4.69, 9.17) is 28.5 Å². The van der Waals surface area contributed by atoms with E-state index in [1.165, 1.54) is 57.8 Å². The van der Waals surface area contributed by atoms with E-state index in [9.17, 15) is 28.7 Å². The van der Waals surface area contributed by atoms with E-state index in [0.717, 1.165) is 44.9 Å². The SMILES string of the molecule is CCCCC/C=C\CC1OC1C/C=C\C/C=C\CCCC(=O)O[C@H](COC(=O)CCC/C=C\C/C=C\C/C=C\CCCCCCCC)COP(=O)(O)OC[C@@H](O)COP(=O)(O)O. The Kier molecular flexibility index (Phi) is 35.1. The number of hydrogen-bond acceptors (Lipinski definition) is 11. The number of hydrogen-bond donors (Lipinski definition) is 4. The van der Waals surface area contributed by atoms with Gasteiger partial charge in [-0.25, -0.2) is 9.13 Å². The van der Waals surface area contributed by atoms with E-state index in [0.29, 0.717) is 31.8 Å². The van der Waals surface area contributed by atoms with Gasteiger partial charge >= 0.3 is 27.6 Å². The Morgan fingerprint density at radius 2 is 0.984 bits per heavy atom. The van der Waals surface area contributed by atoms with Crippen molar-refractivity contribution in [3.63, 3.8) is 0 Å². The van der Waals surface area contributed by atoms with Crippen LogP contribution in [-0.4, -0.2) is 82.6 Å². The lowest BCUT2D eigenvalue weighted by atomic mass is 10.1. The summed E-state index contributed by atoms with van der Waals surface area (Å²) in [6.45, 7) is 1.59. The van der Waals surface area contributed by atoms with Gasteiger partial charge in [0.1, 0.15) is 12.7 Å². The molecule has 356 valence electrons. The Labute approximate surface area is 371 Å². The van der Waals surface area contributed by atoms with Crippen molar-refractivity contribution in [3.8, 4) is 0 Å². The first-order valence-electron chi connectivity index (χ1n) is 22.8. The van der Waals surface area contributed by atoms with Crippen LogP contribution in [0.5, 0.6) is 0 Å². The number of epoxide rings is 1. The number of esters is 2. The lowest BCUT2D eigenvalue weighted by molar-refractivity contribution is -0.161. The van der Waals surface area contributed by atoms with Gasteiger partial charge in [-0.2, -0.15) is 0 Å². The molecular formula is C46H78O14P2. The number of aliphatic hydroxyl groups excluding tert-OH is 1. The van der Waals surface area contributed by atoms with E-state index in [1.807, 2.05) is 24.3 Å². The lowest BCUT2D eigenvalue weighted by Gasteiger charge is -2.20. The molecule has 0 aromatic carbocycles. The molecule has 1 saturated heterocycles. The minimum Gasteiger partial charge on any atom is -0.462 e. The summed E-state index contributed by atoms with van der Waals surface area (Å²) < 4.78 is 53.4. The van der Waals surface area contributed by atoms with Crippen LogP contribution in [0, 0.1) is 0 Å². The molecule has 1 aliphatic rings. The van der Waals surface area contributed by atoms with Crippen molar-refractivity contribution in [2.24, 2.45) is 0 Å². The second kappa shape index (κ2) is 37.9. The minimum atomic E-state index is -4.88. The summed E-state index contributed by atoms with van der Waals surface area (Å²) in [7, 11) is -9.72. The molecule has 3 unspecified atom stereocenters. The zero-order valence-corrected chi connectivity index (χ0v) is 39.2. The molecule has 0 amide bonds. The minimum absolute atomic E-state index is 0.0363. The van der Waals surface area contributed by atoms with Crippen molar-refractivity contribution in [1.82, 2.24) is 0 Å². The Balaban J connectivity index is 2.43. The number of carbonyl (C=O) groups excluding carboxylic acids is 2. The normalized spacial score (nSPS) is 17.9. The zero-order valence-electron chi connectivity index (χ0n) is 37.4. The first-order valence-corrected chi connectivity index (χ1v) is 25.8. The van der Waals surface area contributed by atoms with Crippen molar-refractivity contribution < 1.29 is 66.3 Å². The first-order chi connectivity index (χ1) is 29.8. The summed E-state index contributed by atoms with van der Waals surface area (Å²) in [5.41, 5.74) is 0. The van der Waals surface area contributed by atoms with Crippen molar-refractivity contribution in [2.75, 3.05) is 26.4 Å². The van der Waals surface area contributed by atoms with Crippen molar-refractivity contribution in [2.45, 2.75) is 180 Å². The van der Waals surface area contributed by atoms with Gasteiger partial charge in [-0.3, -0.25) is 23.2 Å². The maximum Gasteiger partial charge on any atom is 0.472 e. The Bertz CT molecular complexity index is 1440.